The Hall–Kier alpha value is -1.39. The monoisotopic (exact) mass is 263 g/mol. The SMILES string of the molecule is CCOC(=O)[C@@H]1CN(Cc2ccccc2)CC[C@H]1O. The van der Waals surface area contributed by atoms with Crippen LogP contribution in [0.15, 0.2) is 30.3 Å². The summed E-state index contributed by atoms with van der Waals surface area (Å²) in [6.45, 7) is 4.33. The Bertz CT molecular complexity index is 407. The minimum absolute atomic E-state index is 0.284. The van der Waals surface area contributed by atoms with Gasteiger partial charge in [-0.3, -0.25) is 9.69 Å². The highest BCUT2D eigenvalue weighted by molar-refractivity contribution is 5.73. The van der Waals surface area contributed by atoms with E-state index < -0.39 is 12.0 Å². The van der Waals surface area contributed by atoms with Crippen molar-refractivity contribution in [3.05, 3.63) is 35.9 Å². The number of carbonyl (C=O) groups is 1. The first-order valence-corrected chi connectivity index (χ1v) is 6.81. The lowest BCUT2D eigenvalue weighted by Gasteiger charge is -2.34. The van der Waals surface area contributed by atoms with E-state index in [0.717, 1.165) is 13.1 Å². The first kappa shape index (κ1) is 14.0. The lowest BCUT2D eigenvalue weighted by Crippen LogP contribution is -2.46. The van der Waals surface area contributed by atoms with Gasteiger partial charge >= 0.3 is 5.97 Å². The molecule has 1 N–H and O–H groups in total. The Labute approximate surface area is 114 Å². The Balaban J connectivity index is 1.95. The third-order valence-electron chi connectivity index (χ3n) is 3.50. The summed E-state index contributed by atoms with van der Waals surface area (Å²) in [5.74, 6) is -0.704. The fourth-order valence-electron chi connectivity index (χ4n) is 2.47. The van der Waals surface area contributed by atoms with E-state index in [2.05, 4.69) is 17.0 Å². The summed E-state index contributed by atoms with van der Waals surface area (Å²) in [7, 11) is 0. The quantitative estimate of drug-likeness (QED) is 0.835. The normalized spacial score (nSPS) is 24.1. The smallest absolute Gasteiger partial charge is 0.312 e. The second-order valence-corrected chi connectivity index (χ2v) is 4.94. The zero-order valence-corrected chi connectivity index (χ0v) is 11.3. The van der Waals surface area contributed by atoms with Gasteiger partial charge in [0, 0.05) is 19.6 Å². The number of rotatable bonds is 4. The van der Waals surface area contributed by atoms with Crippen molar-refractivity contribution < 1.29 is 14.6 Å². The molecule has 4 nitrogen and oxygen atoms in total. The lowest BCUT2D eigenvalue weighted by atomic mass is 9.94. The van der Waals surface area contributed by atoms with E-state index in [9.17, 15) is 9.90 Å². The molecule has 1 aromatic carbocycles. The number of aliphatic hydroxyl groups excluding tert-OH is 1. The number of benzene rings is 1. The van der Waals surface area contributed by atoms with Crippen LogP contribution in [0.3, 0.4) is 0 Å². The molecular weight excluding hydrogens is 242 g/mol. The molecule has 2 atom stereocenters. The van der Waals surface area contributed by atoms with Gasteiger partial charge in [-0.05, 0) is 18.9 Å². The number of hydrogen-bond donors (Lipinski definition) is 1. The van der Waals surface area contributed by atoms with Gasteiger partial charge in [0.25, 0.3) is 0 Å². The minimum atomic E-state index is -0.578. The molecule has 0 aromatic heterocycles. The molecule has 1 aliphatic heterocycles. The molecule has 1 aliphatic rings. The fraction of sp³-hybridized carbons (Fsp3) is 0.533. The van der Waals surface area contributed by atoms with Gasteiger partial charge in [-0.1, -0.05) is 30.3 Å². The predicted molar refractivity (Wildman–Crippen MR) is 72.5 cm³/mol. The molecule has 104 valence electrons. The topological polar surface area (TPSA) is 49.8 Å². The molecule has 1 aromatic rings. The summed E-state index contributed by atoms with van der Waals surface area (Å²) in [4.78, 5) is 14.0. The third-order valence-corrected chi connectivity index (χ3v) is 3.50. The molecule has 0 saturated carbocycles. The van der Waals surface area contributed by atoms with E-state index in [-0.39, 0.29) is 5.97 Å². The van der Waals surface area contributed by atoms with E-state index >= 15 is 0 Å². The maximum atomic E-state index is 11.8. The van der Waals surface area contributed by atoms with Gasteiger partial charge in [-0.15, -0.1) is 0 Å². The second kappa shape index (κ2) is 6.68. The first-order valence-electron chi connectivity index (χ1n) is 6.81. The first-order chi connectivity index (χ1) is 9.20. The van der Waals surface area contributed by atoms with Crippen molar-refractivity contribution >= 4 is 5.97 Å². The van der Waals surface area contributed by atoms with Crippen LogP contribution in [0.4, 0.5) is 0 Å². The molecule has 1 heterocycles. The molecule has 4 heteroatoms. The van der Waals surface area contributed by atoms with Crippen molar-refractivity contribution in [1.82, 2.24) is 4.90 Å². The average molecular weight is 263 g/mol. The van der Waals surface area contributed by atoms with Crippen LogP contribution in [-0.2, 0) is 16.1 Å². The molecule has 2 rings (SSSR count). The number of esters is 1. The predicted octanol–water partition coefficient (Wildman–Crippen LogP) is 1.43. The van der Waals surface area contributed by atoms with Crippen molar-refractivity contribution in [1.29, 1.82) is 0 Å². The average Bonchev–Trinajstić information content (AvgIpc) is 2.42. The maximum absolute atomic E-state index is 11.8. The van der Waals surface area contributed by atoms with Gasteiger partial charge in [0.15, 0.2) is 0 Å². The van der Waals surface area contributed by atoms with E-state index in [1.165, 1.54) is 5.56 Å². The van der Waals surface area contributed by atoms with Crippen LogP contribution in [0.25, 0.3) is 0 Å². The zero-order valence-electron chi connectivity index (χ0n) is 11.3. The molecule has 0 bridgehead atoms. The molecule has 1 saturated heterocycles. The lowest BCUT2D eigenvalue weighted by molar-refractivity contribution is -0.155. The molecular formula is C15H21NO3. The Morgan fingerprint density at radius 1 is 1.42 bits per heavy atom. The molecule has 19 heavy (non-hydrogen) atoms. The number of aliphatic hydroxyl groups is 1. The summed E-state index contributed by atoms with van der Waals surface area (Å²) in [6, 6.07) is 10.2. The molecule has 0 radical (unpaired) electrons. The van der Waals surface area contributed by atoms with Gasteiger partial charge in [-0.2, -0.15) is 0 Å². The van der Waals surface area contributed by atoms with Crippen LogP contribution in [0, 0.1) is 5.92 Å². The second-order valence-electron chi connectivity index (χ2n) is 4.94. The molecule has 1 fully saturated rings. The van der Waals surface area contributed by atoms with Gasteiger partial charge in [0.1, 0.15) is 0 Å². The molecule has 0 spiro atoms. The summed E-state index contributed by atoms with van der Waals surface area (Å²) in [5.41, 5.74) is 1.22. The number of nitrogens with zero attached hydrogens (tertiary/aromatic N) is 1. The number of piperidine rings is 1. The Morgan fingerprint density at radius 3 is 2.84 bits per heavy atom. The number of hydrogen-bond acceptors (Lipinski definition) is 4. The van der Waals surface area contributed by atoms with Crippen molar-refractivity contribution in [2.75, 3.05) is 19.7 Å². The van der Waals surface area contributed by atoms with Crippen LogP contribution in [0.2, 0.25) is 0 Å². The van der Waals surface area contributed by atoms with E-state index in [1.807, 2.05) is 18.2 Å². The minimum Gasteiger partial charge on any atom is -0.466 e. The maximum Gasteiger partial charge on any atom is 0.312 e. The van der Waals surface area contributed by atoms with Crippen LogP contribution < -0.4 is 0 Å². The van der Waals surface area contributed by atoms with Crippen molar-refractivity contribution in [3.63, 3.8) is 0 Å². The van der Waals surface area contributed by atoms with E-state index in [1.54, 1.807) is 6.92 Å². The van der Waals surface area contributed by atoms with Gasteiger partial charge < -0.3 is 9.84 Å². The summed E-state index contributed by atoms with van der Waals surface area (Å²) < 4.78 is 5.02. The van der Waals surface area contributed by atoms with Gasteiger partial charge in [-0.25, -0.2) is 0 Å². The molecule has 0 amide bonds. The standard InChI is InChI=1S/C15H21NO3/c1-2-19-15(18)13-11-16(9-8-14(13)17)10-12-6-4-3-5-7-12/h3-7,13-14,17H,2,8-11H2,1H3/t13-,14-/m1/s1. The highest BCUT2D eigenvalue weighted by Crippen LogP contribution is 2.20. The Morgan fingerprint density at radius 2 is 2.16 bits per heavy atom. The van der Waals surface area contributed by atoms with E-state index in [0.29, 0.717) is 19.6 Å². The molecule has 0 aliphatic carbocycles. The number of ether oxygens (including phenoxy) is 1. The van der Waals surface area contributed by atoms with E-state index in [4.69, 9.17) is 4.74 Å². The Kier molecular flexibility index (Phi) is 4.93. The number of carbonyl (C=O) groups excluding carboxylic acids is 1. The summed E-state index contributed by atoms with van der Waals surface area (Å²) >= 11 is 0. The van der Waals surface area contributed by atoms with Crippen LogP contribution >= 0.6 is 0 Å². The van der Waals surface area contributed by atoms with Crippen molar-refractivity contribution in [2.45, 2.75) is 26.0 Å². The van der Waals surface area contributed by atoms with Gasteiger partial charge in [0.05, 0.1) is 18.6 Å². The summed E-state index contributed by atoms with van der Waals surface area (Å²) in [6.07, 6.45) is 0.0436. The zero-order chi connectivity index (χ0) is 13.7. The third kappa shape index (κ3) is 3.78. The van der Waals surface area contributed by atoms with Crippen LogP contribution in [0.5, 0.6) is 0 Å². The fourth-order valence-corrected chi connectivity index (χ4v) is 2.47. The van der Waals surface area contributed by atoms with Crippen LogP contribution in [-0.4, -0.2) is 41.8 Å². The largest absolute Gasteiger partial charge is 0.466 e. The highest BCUT2D eigenvalue weighted by Gasteiger charge is 2.34. The van der Waals surface area contributed by atoms with Gasteiger partial charge in [0.2, 0.25) is 0 Å². The highest BCUT2D eigenvalue weighted by atomic mass is 16.5. The van der Waals surface area contributed by atoms with Crippen molar-refractivity contribution in [2.24, 2.45) is 5.92 Å². The summed E-state index contributed by atoms with van der Waals surface area (Å²) in [5, 5.41) is 9.92. The van der Waals surface area contributed by atoms with Crippen molar-refractivity contribution in [3.8, 4) is 0 Å². The molecule has 0 unspecified atom stereocenters. The van der Waals surface area contributed by atoms with Crippen LogP contribution in [0.1, 0.15) is 18.9 Å². The number of likely N-dealkylation sites (tertiary alicyclic amines) is 1.